The molecule has 98 valence electrons. The molecule has 18 heavy (non-hydrogen) atoms. The summed E-state index contributed by atoms with van der Waals surface area (Å²) in [5.41, 5.74) is 0.0931. The Morgan fingerprint density at radius 1 is 1.56 bits per heavy atom. The van der Waals surface area contributed by atoms with E-state index in [2.05, 4.69) is 9.88 Å². The largest absolute Gasteiger partial charge is 0.478 e. The fourth-order valence-corrected chi connectivity index (χ4v) is 2.27. The van der Waals surface area contributed by atoms with E-state index in [4.69, 9.17) is 21.4 Å². The second-order valence-corrected chi connectivity index (χ2v) is 4.66. The van der Waals surface area contributed by atoms with Crippen molar-refractivity contribution in [3.63, 3.8) is 0 Å². The molecule has 0 radical (unpaired) electrons. The first-order chi connectivity index (χ1) is 8.61. The lowest BCUT2D eigenvalue weighted by atomic mass is 10.1. The first kappa shape index (κ1) is 13.1. The second-order valence-electron chi connectivity index (χ2n) is 4.25. The minimum absolute atomic E-state index is 0.0931. The average molecular weight is 271 g/mol. The van der Waals surface area contributed by atoms with Gasteiger partial charge < -0.3 is 14.7 Å². The lowest BCUT2D eigenvalue weighted by Gasteiger charge is -2.32. The lowest BCUT2D eigenvalue weighted by molar-refractivity contribution is 0.0696. The van der Waals surface area contributed by atoms with E-state index in [0.29, 0.717) is 5.82 Å². The first-order valence-electron chi connectivity index (χ1n) is 5.78. The molecule has 1 N–H and O–H groups in total. The Hall–Kier alpha value is -1.33. The van der Waals surface area contributed by atoms with Gasteiger partial charge in [-0.25, -0.2) is 9.78 Å². The van der Waals surface area contributed by atoms with Crippen molar-refractivity contribution in [2.24, 2.45) is 0 Å². The van der Waals surface area contributed by atoms with Gasteiger partial charge in [0.15, 0.2) is 0 Å². The van der Waals surface area contributed by atoms with Crippen molar-refractivity contribution in [3.05, 3.63) is 22.8 Å². The third-order valence-electron chi connectivity index (χ3n) is 3.17. The number of methoxy groups -OCH3 is 1. The number of halogens is 1. The van der Waals surface area contributed by atoms with E-state index in [-0.39, 0.29) is 16.7 Å². The fourth-order valence-electron chi connectivity index (χ4n) is 2.09. The van der Waals surface area contributed by atoms with Crippen molar-refractivity contribution in [2.75, 3.05) is 25.1 Å². The highest BCUT2D eigenvalue weighted by molar-refractivity contribution is 6.33. The van der Waals surface area contributed by atoms with Crippen molar-refractivity contribution in [1.82, 2.24) is 4.98 Å². The maximum atomic E-state index is 11.0. The van der Waals surface area contributed by atoms with Gasteiger partial charge in [0.05, 0.1) is 16.7 Å². The highest BCUT2D eigenvalue weighted by Gasteiger charge is 2.21. The van der Waals surface area contributed by atoms with Crippen molar-refractivity contribution in [2.45, 2.75) is 18.9 Å². The first-order valence-corrected chi connectivity index (χ1v) is 6.16. The zero-order valence-corrected chi connectivity index (χ0v) is 10.9. The Labute approximate surface area is 110 Å². The third kappa shape index (κ3) is 2.73. The van der Waals surface area contributed by atoms with Gasteiger partial charge in [-0.3, -0.25) is 0 Å². The van der Waals surface area contributed by atoms with Crippen LogP contribution in [-0.2, 0) is 4.74 Å². The number of hydrogen-bond donors (Lipinski definition) is 1. The molecule has 6 heteroatoms. The highest BCUT2D eigenvalue weighted by Crippen LogP contribution is 2.23. The van der Waals surface area contributed by atoms with Gasteiger partial charge in [-0.15, -0.1) is 0 Å². The summed E-state index contributed by atoms with van der Waals surface area (Å²) in [7, 11) is 1.71. The van der Waals surface area contributed by atoms with E-state index in [1.807, 2.05) is 0 Å². The predicted octanol–water partition coefficient (Wildman–Crippen LogP) is 2.05. The highest BCUT2D eigenvalue weighted by atomic mass is 35.5. The van der Waals surface area contributed by atoms with Crippen LogP contribution in [0, 0.1) is 0 Å². The molecule has 1 saturated heterocycles. The quantitative estimate of drug-likeness (QED) is 0.911. The topological polar surface area (TPSA) is 62.7 Å². The number of hydrogen-bond acceptors (Lipinski definition) is 4. The number of ether oxygens (including phenoxy) is 1. The number of aromatic carboxylic acids is 1. The molecule has 0 aliphatic carbocycles. The van der Waals surface area contributed by atoms with Crippen LogP contribution in [0.5, 0.6) is 0 Å². The van der Waals surface area contributed by atoms with Gasteiger partial charge in [0.25, 0.3) is 0 Å². The van der Waals surface area contributed by atoms with Crippen LogP contribution in [0.25, 0.3) is 0 Å². The van der Waals surface area contributed by atoms with Crippen molar-refractivity contribution < 1.29 is 14.6 Å². The number of carboxylic acids is 1. The number of pyridine rings is 1. The molecule has 1 aliphatic heterocycles. The van der Waals surface area contributed by atoms with Crippen LogP contribution in [0.15, 0.2) is 12.3 Å². The SMILES string of the molecule is COC1CCN(c2cc(C(=O)O)c(Cl)cn2)CC1. The number of carboxylic acid groups (broad SMARTS) is 1. The van der Waals surface area contributed by atoms with Gasteiger partial charge in [-0.1, -0.05) is 11.6 Å². The summed E-state index contributed by atoms with van der Waals surface area (Å²) in [6.07, 6.45) is 3.52. The van der Waals surface area contributed by atoms with Gasteiger partial charge in [-0.2, -0.15) is 0 Å². The minimum Gasteiger partial charge on any atom is -0.478 e. The summed E-state index contributed by atoms with van der Waals surface area (Å²) < 4.78 is 5.29. The predicted molar refractivity (Wildman–Crippen MR) is 68.5 cm³/mol. The van der Waals surface area contributed by atoms with Crippen molar-refractivity contribution >= 4 is 23.4 Å². The molecule has 1 aromatic heterocycles. The molecule has 0 atom stereocenters. The Morgan fingerprint density at radius 2 is 2.22 bits per heavy atom. The van der Waals surface area contributed by atoms with Gasteiger partial charge >= 0.3 is 5.97 Å². The van der Waals surface area contributed by atoms with Gasteiger partial charge in [0.1, 0.15) is 5.82 Å². The molecule has 1 aliphatic rings. The van der Waals surface area contributed by atoms with E-state index < -0.39 is 5.97 Å². The Morgan fingerprint density at radius 3 is 2.78 bits per heavy atom. The molecule has 0 amide bonds. The Balaban J connectivity index is 2.15. The van der Waals surface area contributed by atoms with Gasteiger partial charge in [0, 0.05) is 26.4 Å². The molecule has 0 saturated carbocycles. The third-order valence-corrected chi connectivity index (χ3v) is 3.47. The fraction of sp³-hybridized carbons (Fsp3) is 0.500. The number of nitrogens with zero attached hydrogens (tertiary/aromatic N) is 2. The second kappa shape index (κ2) is 5.54. The van der Waals surface area contributed by atoms with Crippen LogP contribution in [0.2, 0.25) is 5.02 Å². The maximum absolute atomic E-state index is 11.0. The average Bonchev–Trinajstić information content (AvgIpc) is 2.39. The number of carbonyl (C=O) groups is 1. The summed E-state index contributed by atoms with van der Waals surface area (Å²) in [6, 6.07) is 1.53. The number of piperidine rings is 1. The Bertz CT molecular complexity index is 445. The summed E-state index contributed by atoms with van der Waals surface area (Å²) in [5.74, 6) is -0.373. The molecule has 0 bridgehead atoms. The molecule has 5 nitrogen and oxygen atoms in total. The van der Waals surface area contributed by atoms with Crippen molar-refractivity contribution in [3.8, 4) is 0 Å². The normalized spacial score (nSPS) is 16.9. The number of rotatable bonds is 3. The summed E-state index contributed by atoms with van der Waals surface area (Å²) >= 11 is 5.79. The minimum atomic E-state index is -1.03. The molecule has 0 aromatic carbocycles. The smallest absolute Gasteiger partial charge is 0.337 e. The monoisotopic (exact) mass is 270 g/mol. The Kier molecular flexibility index (Phi) is 4.04. The molecule has 1 aromatic rings. The number of anilines is 1. The standard InChI is InChI=1S/C12H15ClN2O3/c1-18-8-2-4-15(5-3-8)11-6-9(12(16)17)10(13)7-14-11/h6-8H,2-5H2,1H3,(H,16,17). The molecular formula is C12H15ClN2O3. The molecule has 1 fully saturated rings. The lowest BCUT2D eigenvalue weighted by Crippen LogP contribution is -2.37. The number of aromatic nitrogens is 1. The van der Waals surface area contributed by atoms with E-state index in [1.54, 1.807) is 7.11 Å². The van der Waals surface area contributed by atoms with Crippen molar-refractivity contribution in [1.29, 1.82) is 0 Å². The van der Waals surface area contributed by atoms with Crippen LogP contribution >= 0.6 is 11.6 Å². The van der Waals surface area contributed by atoms with Crippen LogP contribution in [0.3, 0.4) is 0 Å². The van der Waals surface area contributed by atoms with Crippen LogP contribution in [0.4, 0.5) is 5.82 Å². The molecular weight excluding hydrogens is 256 g/mol. The van der Waals surface area contributed by atoms with E-state index in [9.17, 15) is 4.79 Å². The summed E-state index contributed by atoms with van der Waals surface area (Å²) in [4.78, 5) is 17.2. The van der Waals surface area contributed by atoms with Gasteiger partial charge in [0.2, 0.25) is 0 Å². The zero-order valence-electron chi connectivity index (χ0n) is 10.1. The van der Waals surface area contributed by atoms with Gasteiger partial charge in [-0.05, 0) is 18.9 Å². The zero-order chi connectivity index (χ0) is 13.1. The maximum Gasteiger partial charge on any atom is 0.337 e. The molecule has 2 heterocycles. The van der Waals surface area contributed by atoms with Crippen LogP contribution < -0.4 is 4.90 Å². The molecule has 2 rings (SSSR count). The molecule has 0 unspecified atom stereocenters. The summed E-state index contributed by atoms with van der Waals surface area (Å²) in [6.45, 7) is 1.62. The van der Waals surface area contributed by atoms with E-state index in [0.717, 1.165) is 25.9 Å². The van der Waals surface area contributed by atoms with Crippen LogP contribution in [0.1, 0.15) is 23.2 Å². The molecule has 0 spiro atoms. The van der Waals surface area contributed by atoms with E-state index in [1.165, 1.54) is 12.3 Å². The van der Waals surface area contributed by atoms with E-state index >= 15 is 0 Å². The summed E-state index contributed by atoms with van der Waals surface area (Å²) in [5, 5.41) is 9.18. The van der Waals surface area contributed by atoms with Crippen LogP contribution in [-0.4, -0.2) is 42.4 Å².